The van der Waals surface area contributed by atoms with Gasteiger partial charge < -0.3 is 10.2 Å². The minimum absolute atomic E-state index is 0.0661. The number of carbonyl (C=O) groups is 1. The SMILES string of the molecule is CCN(CC)c1ccc(NC(=O)C(c2cccnc2)N(C)C)cc1. The number of carbonyl (C=O) groups excluding carboxylic acids is 1. The molecule has 5 nitrogen and oxygen atoms in total. The van der Waals surface area contributed by atoms with Crippen molar-refractivity contribution in [2.45, 2.75) is 19.9 Å². The summed E-state index contributed by atoms with van der Waals surface area (Å²) in [7, 11) is 3.78. The molecule has 0 bridgehead atoms. The monoisotopic (exact) mass is 326 g/mol. The second-order valence-corrected chi connectivity index (χ2v) is 5.86. The predicted molar refractivity (Wildman–Crippen MR) is 99.3 cm³/mol. The molecule has 0 aliphatic carbocycles. The Labute approximate surface area is 144 Å². The number of hydrogen-bond acceptors (Lipinski definition) is 4. The topological polar surface area (TPSA) is 48.5 Å². The van der Waals surface area contributed by atoms with Gasteiger partial charge in [-0.15, -0.1) is 0 Å². The summed E-state index contributed by atoms with van der Waals surface area (Å²) in [5.74, 6) is -0.0661. The van der Waals surface area contributed by atoms with Gasteiger partial charge in [0, 0.05) is 36.9 Å². The van der Waals surface area contributed by atoms with Gasteiger partial charge in [0.15, 0.2) is 0 Å². The smallest absolute Gasteiger partial charge is 0.246 e. The van der Waals surface area contributed by atoms with E-state index in [1.165, 1.54) is 0 Å². The third-order valence-electron chi connectivity index (χ3n) is 4.03. The Hall–Kier alpha value is -2.40. The first-order valence-corrected chi connectivity index (χ1v) is 8.29. The fourth-order valence-electron chi connectivity index (χ4n) is 2.78. The van der Waals surface area contributed by atoms with E-state index < -0.39 is 0 Å². The first-order chi connectivity index (χ1) is 11.6. The number of rotatable bonds is 7. The molecule has 5 heteroatoms. The summed E-state index contributed by atoms with van der Waals surface area (Å²) in [4.78, 5) is 21.0. The van der Waals surface area contributed by atoms with Crippen molar-refractivity contribution in [3.63, 3.8) is 0 Å². The van der Waals surface area contributed by atoms with E-state index in [-0.39, 0.29) is 11.9 Å². The van der Waals surface area contributed by atoms with E-state index in [1.807, 2.05) is 55.4 Å². The van der Waals surface area contributed by atoms with Gasteiger partial charge in [-0.2, -0.15) is 0 Å². The minimum Gasteiger partial charge on any atom is -0.372 e. The van der Waals surface area contributed by atoms with Crippen LogP contribution in [0.5, 0.6) is 0 Å². The molecule has 0 aliphatic rings. The fraction of sp³-hybridized carbons (Fsp3) is 0.368. The van der Waals surface area contributed by atoms with Crippen molar-refractivity contribution in [2.24, 2.45) is 0 Å². The highest BCUT2D eigenvalue weighted by molar-refractivity contribution is 5.95. The molecule has 0 spiro atoms. The molecule has 0 saturated carbocycles. The number of likely N-dealkylation sites (N-methyl/N-ethyl adjacent to an activating group) is 1. The number of benzene rings is 1. The number of aromatic nitrogens is 1. The molecule has 1 unspecified atom stereocenters. The Balaban J connectivity index is 2.12. The van der Waals surface area contributed by atoms with Gasteiger partial charge in [-0.1, -0.05) is 6.07 Å². The lowest BCUT2D eigenvalue weighted by Gasteiger charge is -2.24. The number of nitrogens with zero attached hydrogens (tertiary/aromatic N) is 3. The molecule has 1 aromatic carbocycles. The molecule has 1 atom stereocenters. The van der Waals surface area contributed by atoms with Crippen molar-refractivity contribution in [3.8, 4) is 0 Å². The third kappa shape index (κ3) is 4.32. The van der Waals surface area contributed by atoms with E-state index in [0.29, 0.717) is 0 Å². The van der Waals surface area contributed by atoms with Crippen LogP contribution in [0.3, 0.4) is 0 Å². The highest BCUT2D eigenvalue weighted by Gasteiger charge is 2.23. The van der Waals surface area contributed by atoms with Crippen LogP contribution in [-0.2, 0) is 4.79 Å². The van der Waals surface area contributed by atoms with Crippen molar-refractivity contribution in [1.29, 1.82) is 0 Å². The zero-order valence-electron chi connectivity index (χ0n) is 14.9. The van der Waals surface area contributed by atoms with Crippen LogP contribution in [0.2, 0.25) is 0 Å². The molecule has 0 aliphatic heterocycles. The average Bonchev–Trinajstić information content (AvgIpc) is 2.58. The third-order valence-corrected chi connectivity index (χ3v) is 4.03. The number of anilines is 2. The first kappa shape index (κ1) is 17.9. The largest absolute Gasteiger partial charge is 0.372 e. The molecule has 0 fully saturated rings. The number of hydrogen-bond donors (Lipinski definition) is 1. The molecule has 2 aromatic rings. The summed E-state index contributed by atoms with van der Waals surface area (Å²) in [5, 5.41) is 3.00. The molecule has 24 heavy (non-hydrogen) atoms. The molecule has 2 rings (SSSR count). The molecular weight excluding hydrogens is 300 g/mol. The molecule has 1 heterocycles. The Kier molecular flexibility index (Phi) is 6.32. The van der Waals surface area contributed by atoms with Gasteiger partial charge in [0.2, 0.25) is 5.91 Å². The molecule has 1 aromatic heterocycles. The predicted octanol–water partition coefficient (Wildman–Crippen LogP) is 3.17. The van der Waals surface area contributed by atoms with Crippen LogP contribution in [0.15, 0.2) is 48.8 Å². The van der Waals surface area contributed by atoms with Gasteiger partial charge in [0.05, 0.1) is 0 Å². The van der Waals surface area contributed by atoms with E-state index in [0.717, 1.165) is 30.0 Å². The zero-order chi connectivity index (χ0) is 17.5. The minimum atomic E-state index is -0.374. The molecule has 1 amide bonds. The van der Waals surface area contributed by atoms with Crippen LogP contribution in [0.25, 0.3) is 0 Å². The number of amides is 1. The highest BCUT2D eigenvalue weighted by Crippen LogP contribution is 2.22. The molecule has 128 valence electrons. The summed E-state index contributed by atoms with van der Waals surface area (Å²) >= 11 is 0. The lowest BCUT2D eigenvalue weighted by Crippen LogP contribution is -2.32. The van der Waals surface area contributed by atoms with Crippen molar-refractivity contribution >= 4 is 17.3 Å². The van der Waals surface area contributed by atoms with Gasteiger partial charge in [-0.05, 0) is 63.8 Å². The van der Waals surface area contributed by atoms with E-state index in [1.54, 1.807) is 12.4 Å². The van der Waals surface area contributed by atoms with Crippen LogP contribution in [0.1, 0.15) is 25.5 Å². The summed E-state index contributed by atoms with van der Waals surface area (Å²) in [5.41, 5.74) is 2.83. The van der Waals surface area contributed by atoms with Gasteiger partial charge in [-0.25, -0.2) is 0 Å². The van der Waals surface area contributed by atoms with Crippen LogP contribution in [0.4, 0.5) is 11.4 Å². The molecule has 0 radical (unpaired) electrons. The lowest BCUT2D eigenvalue weighted by atomic mass is 10.1. The maximum absolute atomic E-state index is 12.7. The number of nitrogens with one attached hydrogen (secondary N) is 1. The average molecular weight is 326 g/mol. The summed E-state index contributed by atoms with van der Waals surface area (Å²) in [6, 6.07) is 11.4. The van der Waals surface area contributed by atoms with Crippen molar-refractivity contribution < 1.29 is 4.79 Å². The van der Waals surface area contributed by atoms with Crippen LogP contribution >= 0.6 is 0 Å². The van der Waals surface area contributed by atoms with Crippen LogP contribution in [0, 0.1) is 0 Å². The zero-order valence-corrected chi connectivity index (χ0v) is 14.9. The van der Waals surface area contributed by atoms with Gasteiger partial charge in [0.25, 0.3) is 0 Å². The quantitative estimate of drug-likeness (QED) is 0.849. The van der Waals surface area contributed by atoms with E-state index in [4.69, 9.17) is 0 Å². The van der Waals surface area contributed by atoms with E-state index in [2.05, 4.69) is 29.0 Å². The summed E-state index contributed by atoms with van der Waals surface area (Å²) in [6.45, 7) is 6.20. The van der Waals surface area contributed by atoms with Gasteiger partial charge in [0.1, 0.15) is 6.04 Å². The fourth-order valence-corrected chi connectivity index (χ4v) is 2.78. The highest BCUT2D eigenvalue weighted by atomic mass is 16.2. The lowest BCUT2D eigenvalue weighted by molar-refractivity contribution is -0.120. The van der Waals surface area contributed by atoms with E-state index >= 15 is 0 Å². The summed E-state index contributed by atoms with van der Waals surface area (Å²) in [6.07, 6.45) is 3.44. The van der Waals surface area contributed by atoms with Gasteiger partial charge >= 0.3 is 0 Å². The van der Waals surface area contributed by atoms with Crippen molar-refractivity contribution in [3.05, 3.63) is 54.4 Å². The maximum Gasteiger partial charge on any atom is 0.246 e. The number of pyridine rings is 1. The normalized spacial score (nSPS) is 12.0. The standard InChI is InChI=1S/C19H26N4O/c1-5-23(6-2)17-11-9-16(10-12-17)21-19(24)18(22(3)4)15-8-7-13-20-14-15/h7-14,18H,5-6H2,1-4H3,(H,21,24). The second kappa shape index (κ2) is 8.45. The summed E-state index contributed by atoms with van der Waals surface area (Å²) < 4.78 is 0. The Morgan fingerprint density at radius 2 is 1.79 bits per heavy atom. The van der Waals surface area contributed by atoms with E-state index in [9.17, 15) is 4.79 Å². The molecular formula is C19H26N4O. The Bertz CT molecular complexity index is 636. The van der Waals surface area contributed by atoms with Gasteiger partial charge in [-0.3, -0.25) is 14.7 Å². The second-order valence-electron chi connectivity index (χ2n) is 5.86. The molecule has 1 N–H and O–H groups in total. The maximum atomic E-state index is 12.7. The Morgan fingerprint density at radius 1 is 1.12 bits per heavy atom. The first-order valence-electron chi connectivity index (χ1n) is 8.29. The van der Waals surface area contributed by atoms with Crippen molar-refractivity contribution in [1.82, 2.24) is 9.88 Å². The van der Waals surface area contributed by atoms with Crippen LogP contribution in [-0.4, -0.2) is 43.0 Å². The Morgan fingerprint density at radius 3 is 2.29 bits per heavy atom. The van der Waals surface area contributed by atoms with Crippen molar-refractivity contribution in [2.75, 3.05) is 37.4 Å². The van der Waals surface area contributed by atoms with Crippen LogP contribution < -0.4 is 10.2 Å². The molecule has 0 saturated heterocycles.